The molecule has 0 spiro atoms. The van der Waals surface area contributed by atoms with Crippen molar-refractivity contribution in [2.45, 2.75) is 30.0 Å². The van der Waals surface area contributed by atoms with Gasteiger partial charge in [-0.2, -0.15) is 17.5 Å². The highest BCUT2D eigenvalue weighted by Crippen LogP contribution is 2.36. The van der Waals surface area contributed by atoms with Gasteiger partial charge < -0.3 is 0 Å². The fourth-order valence-electron chi connectivity index (χ4n) is 3.32. The summed E-state index contributed by atoms with van der Waals surface area (Å²) in [6.07, 6.45) is -1.56. The highest BCUT2D eigenvalue weighted by atomic mass is 32.2. The molecule has 10 heteroatoms. The van der Waals surface area contributed by atoms with E-state index < -0.39 is 27.8 Å². The first-order valence-electron chi connectivity index (χ1n) is 8.27. The number of benzene rings is 1. The van der Waals surface area contributed by atoms with Crippen LogP contribution in [0.2, 0.25) is 0 Å². The molecule has 1 fully saturated rings. The molecule has 1 saturated heterocycles. The van der Waals surface area contributed by atoms with Crippen molar-refractivity contribution in [3.8, 4) is 0 Å². The Labute approximate surface area is 153 Å². The molecule has 1 aliphatic heterocycles. The van der Waals surface area contributed by atoms with Gasteiger partial charge in [-0.1, -0.05) is 6.07 Å². The molecule has 0 bridgehead atoms. The van der Waals surface area contributed by atoms with Gasteiger partial charge in [0, 0.05) is 12.7 Å². The Bertz CT molecular complexity index is 1080. The van der Waals surface area contributed by atoms with Crippen LogP contribution in [0.4, 0.5) is 13.2 Å². The highest BCUT2D eigenvalue weighted by Gasteiger charge is 2.39. The fraction of sp³-hybridized carbons (Fsp3) is 0.294. The zero-order chi connectivity index (χ0) is 19.2. The third-order valence-electron chi connectivity index (χ3n) is 4.63. The molecule has 1 atom stereocenters. The predicted molar refractivity (Wildman–Crippen MR) is 90.3 cm³/mol. The standard InChI is InChI=1S/C17H15F3N4O2S/c18-17(19,20)12-6-8-13(9-7-12)27(25,26)24-11-3-4-14(24)16-22-21-15-5-1-2-10-23(15)16/h1-2,5-10,14H,3-4,11H2. The number of pyridine rings is 1. The molecule has 142 valence electrons. The van der Waals surface area contributed by atoms with Gasteiger partial charge in [0.15, 0.2) is 11.5 Å². The van der Waals surface area contributed by atoms with Gasteiger partial charge in [0.2, 0.25) is 10.0 Å². The largest absolute Gasteiger partial charge is 0.416 e. The first-order valence-corrected chi connectivity index (χ1v) is 9.71. The summed E-state index contributed by atoms with van der Waals surface area (Å²) in [4.78, 5) is -0.170. The molecule has 1 unspecified atom stereocenters. The second-order valence-corrected chi connectivity index (χ2v) is 8.17. The van der Waals surface area contributed by atoms with E-state index in [4.69, 9.17) is 0 Å². The molecule has 0 radical (unpaired) electrons. The van der Waals surface area contributed by atoms with Crippen molar-refractivity contribution in [1.29, 1.82) is 0 Å². The number of rotatable bonds is 3. The normalized spacial score (nSPS) is 19.0. The zero-order valence-corrected chi connectivity index (χ0v) is 14.8. The Hall–Kier alpha value is -2.46. The van der Waals surface area contributed by atoms with E-state index >= 15 is 0 Å². The van der Waals surface area contributed by atoms with Crippen LogP contribution in [0.5, 0.6) is 0 Å². The Morgan fingerprint density at radius 1 is 1.04 bits per heavy atom. The van der Waals surface area contributed by atoms with Gasteiger partial charge in [-0.3, -0.25) is 4.40 Å². The van der Waals surface area contributed by atoms with E-state index in [1.54, 1.807) is 28.8 Å². The number of hydrogen-bond acceptors (Lipinski definition) is 4. The third kappa shape index (κ3) is 3.08. The molecule has 1 aliphatic rings. The van der Waals surface area contributed by atoms with Gasteiger partial charge in [-0.05, 0) is 49.2 Å². The first kappa shape index (κ1) is 17.9. The zero-order valence-electron chi connectivity index (χ0n) is 14.0. The number of alkyl halides is 3. The monoisotopic (exact) mass is 396 g/mol. The molecule has 0 aliphatic carbocycles. The van der Waals surface area contributed by atoms with Crippen LogP contribution in [0.1, 0.15) is 30.3 Å². The summed E-state index contributed by atoms with van der Waals surface area (Å²) in [5, 5.41) is 8.20. The van der Waals surface area contributed by atoms with Crippen molar-refractivity contribution in [2.24, 2.45) is 0 Å². The lowest BCUT2D eigenvalue weighted by molar-refractivity contribution is -0.137. The minimum Gasteiger partial charge on any atom is -0.285 e. The first-order chi connectivity index (χ1) is 12.8. The molecule has 0 saturated carbocycles. The summed E-state index contributed by atoms with van der Waals surface area (Å²) in [5.74, 6) is 0.499. The number of fused-ring (bicyclic) bond motifs is 1. The second kappa shape index (κ2) is 6.31. The van der Waals surface area contributed by atoms with Crippen LogP contribution in [0, 0.1) is 0 Å². The smallest absolute Gasteiger partial charge is 0.285 e. The molecule has 3 aromatic rings. The maximum atomic E-state index is 13.0. The Morgan fingerprint density at radius 3 is 2.48 bits per heavy atom. The van der Waals surface area contributed by atoms with Crippen molar-refractivity contribution in [2.75, 3.05) is 6.54 Å². The van der Waals surface area contributed by atoms with Gasteiger partial charge in [0.05, 0.1) is 16.5 Å². The van der Waals surface area contributed by atoms with Crippen LogP contribution in [0.3, 0.4) is 0 Å². The molecule has 3 heterocycles. The van der Waals surface area contributed by atoms with E-state index in [1.807, 2.05) is 0 Å². The van der Waals surface area contributed by atoms with E-state index in [0.717, 1.165) is 24.3 Å². The number of sulfonamides is 1. The average Bonchev–Trinajstić information content (AvgIpc) is 3.28. The Balaban J connectivity index is 1.70. The van der Waals surface area contributed by atoms with Gasteiger partial charge in [-0.25, -0.2) is 8.42 Å². The van der Waals surface area contributed by atoms with Crippen LogP contribution in [0.25, 0.3) is 5.65 Å². The summed E-state index contributed by atoms with van der Waals surface area (Å²) >= 11 is 0. The van der Waals surface area contributed by atoms with E-state index in [2.05, 4.69) is 10.2 Å². The lowest BCUT2D eigenvalue weighted by Crippen LogP contribution is -2.31. The maximum absolute atomic E-state index is 13.0. The van der Waals surface area contributed by atoms with Crippen molar-refractivity contribution in [1.82, 2.24) is 18.9 Å². The minimum atomic E-state index is -4.51. The molecule has 0 amide bonds. The average molecular weight is 396 g/mol. The number of hydrogen-bond donors (Lipinski definition) is 0. The van der Waals surface area contributed by atoms with E-state index in [1.165, 1.54) is 4.31 Å². The van der Waals surface area contributed by atoms with Crippen molar-refractivity contribution < 1.29 is 21.6 Å². The molecule has 2 aromatic heterocycles. The number of aromatic nitrogens is 3. The third-order valence-corrected chi connectivity index (χ3v) is 6.55. The Kier molecular flexibility index (Phi) is 4.19. The van der Waals surface area contributed by atoms with Crippen molar-refractivity contribution in [3.63, 3.8) is 0 Å². The maximum Gasteiger partial charge on any atom is 0.416 e. The number of nitrogens with zero attached hydrogens (tertiary/aromatic N) is 4. The summed E-state index contributed by atoms with van der Waals surface area (Å²) in [6.45, 7) is 0.274. The van der Waals surface area contributed by atoms with Crippen LogP contribution < -0.4 is 0 Å². The summed E-state index contributed by atoms with van der Waals surface area (Å²) in [7, 11) is -3.96. The lowest BCUT2D eigenvalue weighted by Gasteiger charge is -2.23. The quantitative estimate of drug-likeness (QED) is 0.682. The Morgan fingerprint density at radius 2 is 1.78 bits per heavy atom. The predicted octanol–water partition coefficient (Wildman–Crippen LogP) is 3.27. The molecule has 6 nitrogen and oxygen atoms in total. The van der Waals surface area contributed by atoms with Gasteiger partial charge in [-0.15, -0.1) is 10.2 Å². The highest BCUT2D eigenvalue weighted by molar-refractivity contribution is 7.89. The summed E-state index contributed by atoms with van der Waals surface area (Å²) in [6, 6.07) is 8.40. The number of halogens is 3. The van der Waals surface area contributed by atoms with Crippen LogP contribution in [-0.4, -0.2) is 33.9 Å². The summed E-state index contributed by atoms with van der Waals surface area (Å²) in [5.41, 5.74) is -0.283. The van der Waals surface area contributed by atoms with Crippen LogP contribution in [0.15, 0.2) is 53.6 Å². The summed E-state index contributed by atoms with van der Waals surface area (Å²) < 4.78 is 67.3. The van der Waals surface area contributed by atoms with Gasteiger partial charge in [0.1, 0.15) is 0 Å². The fourth-order valence-corrected chi connectivity index (χ4v) is 4.98. The van der Waals surface area contributed by atoms with E-state index in [0.29, 0.717) is 24.3 Å². The van der Waals surface area contributed by atoms with E-state index in [-0.39, 0.29) is 11.4 Å². The molecular formula is C17H15F3N4O2S. The van der Waals surface area contributed by atoms with Crippen LogP contribution >= 0.6 is 0 Å². The van der Waals surface area contributed by atoms with Crippen molar-refractivity contribution in [3.05, 3.63) is 60.0 Å². The molecule has 1 aromatic carbocycles. The minimum absolute atomic E-state index is 0.170. The van der Waals surface area contributed by atoms with Crippen LogP contribution in [-0.2, 0) is 16.2 Å². The topological polar surface area (TPSA) is 67.6 Å². The van der Waals surface area contributed by atoms with Gasteiger partial charge >= 0.3 is 6.18 Å². The molecular weight excluding hydrogens is 381 g/mol. The second-order valence-electron chi connectivity index (χ2n) is 6.28. The lowest BCUT2D eigenvalue weighted by atomic mass is 10.2. The van der Waals surface area contributed by atoms with Crippen molar-refractivity contribution >= 4 is 15.7 Å². The van der Waals surface area contributed by atoms with Gasteiger partial charge in [0.25, 0.3) is 0 Å². The van der Waals surface area contributed by atoms with E-state index in [9.17, 15) is 21.6 Å². The SMILES string of the molecule is O=S(=O)(c1ccc(C(F)(F)F)cc1)N1CCCC1c1nnc2ccccn12. The molecule has 27 heavy (non-hydrogen) atoms. The molecule has 0 N–H and O–H groups in total. The molecule has 4 rings (SSSR count).